The van der Waals surface area contributed by atoms with E-state index in [1.807, 2.05) is 5.38 Å². The first-order valence-electron chi connectivity index (χ1n) is 5.54. The number of anilines is 1. The summed E-state index contributed by atoms with van der Waals surface area (Å²) in [5.74, 6) is -0.727. The normalized spacial score (nSPS) is 12.4. The van der Waals surface area contributed by atoms with Crippen molar-refractivity contribution < 1.29 is 9.90 Å². The van der Waals surface area contributed by atoms with E-state index in [2.05, 4.69) is 24.1 Å². The molecule has 0 aromatic carbocycles. The summed E-state index contributed by atoms with van der Waals surface area (Å²) in [5, 5.41) is 14.8. The second-order valence-corrected chi connectivity index (χ2v) is 4.69. The highest BCUT2D eigenvalue weighted by molar-refractivity contribution is 7.13. The number of aromatic nitrogens is 1. The van der Waals surface area contributed by atoms with Crippen molar-refractivity contribution in [3.63, 3.8) is 0 Å². The molecule has 5 heteroatoms. The number of carboxylic acids is 1. The lowest BCUT2D eigenvalue weighted by atomic mass is 10.1. The lowest BCUT2D eigenvalue weighted by molar-refractivity contribution is -0.137. The van der Waals surface area contributed by atoms with Crippen LogP contribution in [-0.4, -0.2) is 22.1 Å². The van der Waals surface area contributed by atoms with Gasteiger partial charge in [0.25, 0.3) is 0 Å². The molecule has 0 amide bonds. The van der Waals surface area contributed by atoms with E-state index < -0.39 is 5.97 Å². The van der Waals surface area contributed by atoms with E-state index in [1.165, 1.54) is 0 Å². The number of nitrogens with zero attached hydrogens (tertiary/aromatic N) is 1. The molecule has 1 aromatic heterocycles. The Morgan fingerprint density at radius 2 is 2.44 bits per heavy atom. The first-order chi connectivity index (χ1) is 7.61. The predicted octanol–water partition coefficient (Wildman–Crippen LogP) is 2.76. The number of nitrogens with one attached hydrogen (secondary N) is 1. The molecule has 0 aliphatic heterocycles. The molecule has 0 saturated heterocycles. The Labute approximate surface area is 99.7 Å². The van der Waals surface area contributed by atoms with Crippen molar-refractivity contribution in [2.24, 2.45) is 0 Å². The number of carboxylic acid groups (broad SMARTS) is 1. The third kappa shape index (κ3) is 4.61. The van der Waals surface area contributed by atoms with Gasteiger partial charge in [0.15, 0.2) is 5.13 Å². The van der Waals surface area contributed by atoms with Gasteiger partial charge >= 0.3 is 5.97 Å². The van der Waals surface area contributed by atoms with Crippen molar-refractivity contribution >= 4 is 22.4 Å². The zero-order valence-electron chi connectivity index (χ0n) is 9.69. The number of hydrogen-bond acceptors (Lipinski definition) is 4. The van der Waals surface area contributed by atoms with Gasteiger partial charge in [0.2, 0.25) is 0 Å². The van der Waals surface area contributed by atoms with Crippen LogP contribution in [0, 0.1) is 0 Å². The van der Waals surface area contributed by atoms with Crippen LogP contribution in [0.1, 0.15) is 38.8 Å². The Morgan fingerprint density at radius 1 is 1.69 bits per heavy atom. The summed E-state index contributed by atoms with van der Waals surface area (Å²) >= 11 is 1.60. The second-order valence-electron chi connectivity index (χ2n) is 3.83. The highest BCUT2D eigenvalue weighted by atomic mass is 32.1. The average molecular weight is 242 g/mol. The second kappa shape index (κ2) is 6.48. The van der Waals surface area contributed by atoms with Gasteiger partial charge in [-0.3, -0.25) is 4.79 Å². The minimum absolute atomic E-state index is 0.240. The lowest BCUT2D eigenvalue weighted by Crippen LogP contribution is -2.15. The Hall–Kier alpha value is -1.10. The largest absolute Gasteiger partial charge is 0.481 e. The molecule has 16 heavy (non-hydrogen) atoms. The minimum atomic E-state index is -0.727. The van der Waals surface area contributed by atoms with Crippen LogP contribution in [0.4, 0.5) is 5.13 Å². The third-order valence-electron chi connectivity index (χ3n) is 2.31. The summed E-state index contributed by atoms with van der Waals surface area (Å²) in [4.78, 5) is 14.8. The summed E-state index contributed by atoms with van der Waals surface area (Å²) in [6.45, 7) is 4.13. The van der Waals surface area contributed by atoms with Crippen LogP contribution in [0.15, 0.2) is 5.38 Å². The van der Waals surface area contributed by atoms with E-state index >= 15 is 0 Å². The molecule has 2 N–H and O–H groups in total. The molecule has 0 bridgehead atoms. The molecule has 90 valence electrons. The highest BCUT2D eigenvalue weighted by Gasteiger charge is 2.06. The van der Waals surface area contributed by atoms with Crippen molar-refractivity contribution in [2.45, 2.75) is 45.6 Å². The molecule has 1 atom stereocenters. The molecule has 0 spiro atoms. The van der Waals surface area contributed by atoms with Crippen molar-refractivity contribution in [3.8, 4) is 0 Å². The smallest absolute Gasteiger partial charge is 0.303 e. The van der Waals surface area contributed by atoms with E-state index in [1.54, 1.807) is 11.3 Å². The van der Waals surface area contributed by atoms with Crippen LogP contribution in [0.2, 0.25) is 0 Å². The lowest BCUT2D eigenvalue weighted by Gasteiger charge is -2.11. The fraction of sp³-hybridized carbons (Fsp3) is 0.636. The molecule has 0 radical (unpaired) electrons. The average Bonchev–Trinajstić information content (AvgIpc) is 2.65. The molecule has 1 unspecified atom stereocenters. The van der Waals surface area contributed by atoms with Crippen molar-refractivity contribution in [1.29, 1.82) is 0 Å². The van der Waals surface area contributed by atoms with E-state index in [0.717, 1.165) is 23.7 Å². The first kappa shape index (κ1) is 13.0. The molecule has 1 heterocycles. The summed E-state index contributed by atoms with van der Waals surface area (Å²) in [6.07, 6.45) is 2.75. The van der Waals surface area contributed by atoms with Gasteiger partial charge < -0.3 is 10.4 Å². The van der Waals surface area contributed by atoms with Crippen LogP contribution >= 0.6 is 11.3 Å². The Bertz CT molecular complexity index is 338. The molecule has 0 fully saturated rings. The van der Waals surface area contributed by atoms with Crippen molar-refractivity contribution in [1.82, 2.24) is 4.98 Å². The fourth-order valence-corrected chi connectivity index (χ4v) is 2.28. The fourth-order valence-electron chi connectivity index (χ4n) is 1.38. The monoisotopic (exact) mass is 242 g/mol. The van der Waals surface area contributed by atoms with Crippen molar-refractivity contribution in [3.05, 3.63) is 11.1 Å². The maximum Gasteiger partial charge on any atom is 0.303 e. The molecular weight excluding hydrogens is 224 g/mol. The number of rotatable bonds is 7. The maximum atomic E-state index is 10.4. The Kier molecular flexibility index (Phi) is 5.25. The van der Waals surface area contributed by atoms with E-state index in [-0.39, 0.29) is 12.5 Å². The van der Waals surface area contributed by atoms with Crippen LogP contribution in [0.3, 0.4) is 0 Å². The van der Waals surface area contributed by atoms with E-state index in [4.69, 9.17) is 5.11 Å². The van der Waals surface area contributed by atoms with Crippen molar-refractivity contribution in [2.75, 3.05) is 5.32 Å². The molecule has 1 rings (SSSR count). The quantitative estimate of drug-likeness (QED) is 0.771. The van der Waals surface area contributed by atoms with Gasteiger partial charge in [0.05, 0.1) is 5.69 Å². The zero-order chi connectivity index (χ0) is 12.0. The molecule has 4 nitrogen and oxygen atoms in total. The zero-order valence-corrected chi connectivity index (χ0v) is 10.5. The molecular formula is C11H18N2O2S. The van der Waals surface area contributed by atoms with Crippen LogP contribution in [0.25, 0.3) is 0 Å². The number of carbonyl (C=O) groups is 1. The van der Waals surface area contributed by atoms with Crippen LogP contribution in [-0.2, 0) is 11.2 Å². The number of aryl methyl sites for hydroxylation is 1. The Balaban J connectivity index is 2.28. The molecule has 1 aromatic rings. The SMILES string of the molecule is CCc1csc(NC(C)CCCC(=O)O)n1. The first-order valence-corrected chi connectivity index (χ1v) is 6.42. The minimum Gasteiger partial charge on any atom is -0.481 e. The number of thiazole rings is 1. The van der Waals surface area contributed by atoms with Gasteiger partial charge in [-0.2, -0.15) is 0 Å². The van der Waals surface area contributed by atoms with E-state index in [9.17, 15) is 4.79 Å². The number of aliphatic carboxylic acids is 1. The van der Waals surface area contributed by atoms with Gasteiger partial charge in [-0.25, -0.2) is 4.98 Å². The number of hydrogen-bond donors (Lipinski definition) is 2. The van der Waals surface area contributed by atoms with Gasteiger partial charge in [-0.15, -0.1) is 11.3 Å². The van der Waals surface area contributed by atoms with E-state index in [0.29, 0.717) is 6.42 Å². The summed E-state index contributed by atoms with van der Waals surface area (Å²) < 4.78 is 0. The summed E-state index contributed by atoms with van der Waals surface area (Å²) in [5.41, 5.74) is 1.10. The topological polar surface area (TPSA) is 62.2 Å². The van der Waals surface area contributed by atoms with Gasteiger partial charge in [-0.05, 0) is 26.2 Å². The highest BCUT2D eigenvalue weighted by Crippen LogP contribution is 2.17. The summed E-state index contributed by atoms with van der Waals surface area (Å²) in [6, 6.07) is 0.273. The van der Waals surface area contributed by atoms with Gasteiger partial charge in [0.1, 0.15) is 0 Å². The third-order valence-corrected chi connectivity index (χ3v) is 3.13. The Morgan fingerprint density at radius 3 is 3.00 bits per heavy atom. The maximum absolute atomic E-state index is 10.4. The van der Waals surface area contributed by atoms with Gasteiger partial charge in [-0.1, -0.05) is 6.92 Å². The van der Waals surface area contributed by atoms with Crippen LogP contribution < -0.4 is 5.32 Å². The molecule has 0 aliphatic rings. The summed E-state index contributed by atoms with van der Waals surface area (Å²) in [7, 11) is 0. The van der Waals surface area contributed by atoms with Gasteiger partial charge in [0, 0.05) is 17.8 Å². The molecule has 0 aliphatic carbocycles. The molecule has 0 saturated carbocycles. The predicted molar refractivity (Wildman–Crippen MR) is 66.1 cm³/mol. The standard InChI is InChI=1S/C11H18N2O2S/c1-3-9-7-16-11(13-9)12-8(2)5-4-6-10(14)15/h7-8H,3-6H2,1-2H3,(H,12,13)(H,14,15). The van der Waals surface area contributed by atoms with Crippen LogP contribution in [0.5, 0.6) is 0 Å².